The second kappa shape index (κ2) is 4.89. The van der Waals surface area contributed by atoms with E-state index in [9.17, 15) is 13.6 Å². The highest BCUT2D eigenvalue weighted by molar-refractivity contribution is 5.70. The number of nitrogens with zero attached hydrogens (tertiary/aromatic N) is 1. The number of hydrogen-bond acceptors (Lipinski definition) is 2. The second-order valence-corrected chi connectivity index (χ2v) is 5.31. The van der Waals surface area contributed by atoms with E-state index in [2.05, 4.69) is 0 Å². The molecule has 104 valence electrons. The molecule has 5 heteroatoms. The predicted octanol–water partition coefficient (Wildman–Crippen LogP) is 2.61. The van der Waals surface area contributed by atoms with Crippen LogP contribution in [0.1, 0.15) is 24.8 Å². The molecule has 1 aromatic carbocycles. The average molecular weight is 269 g/mol. The van der Waals surface area contributed by atoms with Crippen LogP contribution in [-0.2, 0) is 10.3 Å². The lowest BCUT2D eigenvalue weighted by atomic mass is 9.85. The van der Waals surface area contributed by atoms with E-state index in [1.807, 2.05) is 0 Å². The van der Waals surface area contributed by atoms with E-state index < -0.39 is 29.1 Å². The van der Waals surface area contributed by atoms with Gasteiger partial charge in [0.2, 0.25) is 0 Å². The summed E-state index contributed by atoms with van der Waals surface area (Å²) in [5, 5.41) is 9.11. The quantitative estimate of drug-likeness (QED) is 0.917. The Labute approximate surface area is 110 Å². The van der Waals surface area contributed by atoms with Gasteiger partial charge < -0.3 is 5.11 Å². The summed E-state index contributed by atoms with van der Waals surface area (Å²) in [4.78, 5) is 12.9. The molecule has 1 aromatic rings. The van der Waals surface area contributed by atoms with Crippen LogP contribution in [0, 0.1) is 17.6 Å². The van der Waals surface area contributed by atoms with Crippen molar-refractivity contribution in [2.45, 2.75) is 24.8 Å². The molecule has 0 spiro atoms. The molecule has 2 unspecified atom stereocenters. The van der Waals surface area contributed by atoms with E-state index in [4.69, 9.17) is 5.11 Å². The normalized spacial score (nSPS) is 26.9. The number of carboxylic acids is 1. The zero-order chi connectivity index (χ0) is 14.2. The van der Waals surface area contributed by atoms with E-state index in [0.29, 0.717) is 19.3 Å². The number of halogens is 2. The molecule has 1 saturated carbocycles. The summed E-state index contributed by atoms with van der Waals surface area (Å²) in [6, 6.07) is 4.08. The molecule has 0 radical (unpaired) electrons. The van der Waals surface area contributed by atoms with Gasteiger partial charge in [0, 0.05) is 11.1 Å². The summed E-state index contributed by atoms with van der Waals surface area (Å²) < 4.78 is 27.4. The Kier molecular flexibility index (Phi) is 3.58. The summed E-state index contributed by atoms with van der Waals surface area (Å²) in [7, 11) is 3.54. The molecular formula is C14H17F2NO2. The first-order valence-corrected chi connectivity index (χ1v) is 6.23. The first kappa shape index (κ1) is 13.9. The van der Waals surface area contributed by atoms with E-state index in [1.54, 1.807) is 25.1 Å². The van der Waals surface area contributed by atoms with Crippen molar-refractivity contribution in [3.63, 3.8) is 0 Å². The molecule has 1 aliphatic carbocycles. The van der Waals surface area contributed by atoms with Crippen LogP contribution in [0.4, 0.5) is 8.78 Å². The van der Waals surface area contributed by atoms with Gasteiger partial charge in [0.25, 0.3) is 0 Å². The third kappa shape index (κ3) is 2.23. The molecule has 0 bridgehead atoms. The van der Waals surface area contributed by atoms with Crippen molar-refractivity contribution in [1.29, 1.82) is 0 Å². The van der Waals surface area contributed by atoms with Gasteiger partial charge in [-0.1, -0.05) is 12.1 Å². The number of carbonyl (C=O) groups is 1. The van der Waals surface area contributed by atoms with Crippen molar-refractivity contribution >= 4 is 5.97 Å². The van der Waals surface area contributed by atoms with E-state index in [-0.39, 0.29) is 5.56 Å². The zero-order valence-corrected chi connectivity index (χ0v) is 11.0. The van der Waals surface area contributed by atoms with Crippen LogP contribution >= 0.6 is 0 Å². The van der Waals surface area contributed by atoms with Crippen LogP contribution in [0.2, 0.25) is 0 Å². The maximum atomic E-state index is 14.0. The number of rotatable bonds is 3. The molecule has 0 amide bonds. The molecule has 1 fully saturated rings. The molecule has 2 atom stereocenters. The molecular weight excluding hydrogens is 252 g/mol. The van der Waals surface area contributed by atoms with Crippen molar-refractivity contribution in [2.24, 2.45) is 5.92 Å². The average Bonchev–Trinajstić information content (AvgIpc) is 2.79. The maximum absolute atomic E-state index is 14.0. The molecule has 0 saturated heterocycles. The maximum Gasteiger partial charge on any atom is 0.306 e. The number of hydrogen-bond donors (Lipinski definition) is 1. The zero-order valence-electron chi connectivity index (χ0n) is 11.0. The van der Waals surface area contributed by atoms with E-state index >= 15 is 0 Å². The molecule has 1 N–H and O–H groups in total. The standard InChI is InChI=1S/C14H17F2NO2/c1-17(2)14(7-6-9(8-14)13(18)19)10-4-3-5-11(15)12(10)16/h3-5,9H,6-8H2,1-2H3,(H,18,19). The molecule has 0 aromatic heterocycles. The molecule has 1 aliphatic rings. The van der Waals surface area contributed by atoms with Crippen LogP contribution in [0.25, 0.3) is 0 Å². The van der Waals surface area contributed by atoms with Gasteiger partial charge >= 0.3 is 5.97 Å². The highest BCUT2D eigenvalue weighted by atomic mass is 19.2. The molecule has 2 rings (SSSR count). The minimum Gasteiger partial charge on any atom is -0.481 e. The summed E-state index contributed by atoms with van der Waals surface area (Å²) >= 11 is 0. The van der Waals surface area contributed by atoms with E-state index in [0.717, 1.165) is 6.07 Å². The summed E-state index contributed by atoms with van der Waals surface area (Å²) in [5.41, 5.74) is -0.490. The summed E-state index contributed by atoms with van der Waals surface area (Å²) in [6.45, 7) is 0. The van der Waals surface area contributed by atoms with Crippen LogP contribution in [-0.4, -0.2) is 30.1 Å². The van der Waals surface area contributed by atoms with Gasteiger partial charge in [0.15, 0.2) is 11.6 Å². The van der Waals surface area contributed by atoms with Gasteiger partial charge in [-0.15, -0.1) is 0 Å². The van der Waals surface area contributed by atoms with Gasteiger partial charge in [0.05, 0.1) is 5.92 Å². The number of aliphatic carboxylic acids is 1. The SMILES string of the molecule is CN(C)C1(c2cccc(F)c2F)CCC(C(=O)O)C1. The van der Waals surface area contributed by atoms with Crippen molar-refractivity contribution in [1.82, 2.24) is 4.90 Å². The predicted molar refractivity (Wildman–Crippen MR) is 66.7 cm³/mol. The Hall–Kier alpha value is -1.49. The monoisotopic (exact) mass is 269 g/mol. The lowest BCUT2D eigenvalue weighted by Gasteiger charge is -2.37. The van der Waals surface area contributed by atoms with Crippen LogP contribution < -0.4 is 0 Å². The van der Waals surface area contributed by atoms with Gasteiger partial charge in [-0.2, -0.15) is 0 Å². The van der Waals surface area contributed by atoms with Gasteiger partial charge in [-0.05, 0) is 39.4 Å². The lowest BCUT2D eigenvalue weighted by molar-refractivity contribution is -0.141. The van der Waals surface area contributed by atoms with Crippen molar-refractivity contribution < 1.29 is 18.7 Å². The minimum atomic E-state index is -0.891. The summed E-state index contributed by atoms with van der Waals surface area (Å²) in [5.74, 6) is -3.15. The highest BCUT2D eigenvalue weighted by Gasteiger charge is 2.46. The van der Waals surface area contributed by atoms with Crippen LogP contribution in [0.15, 0.2) is 18.2 Å². The fourth-order valence-electron chi connectivity index (χ4n) is 2.99. The minimum absolute atomic E-state index is 0.251. The van der Waals surface area contributed by atoms with Crippen molar-refractivity contribution in [2.75, 3.05) is 14.1 Å². The Morgan fingerprint density at radius 2 is 2.11 bits per heavy atom. The van der Waals surface area contributed by atoms with Crippen LogP contribution in [0.5, 0.6) is 0 Å². The number of benzene rings is 1. The Balaban J connectivity index is 2.47. The fourth-order valence-corrected chi connectivity index (χ4v) is 2.99. The van der Waals surface area contributed by atoms with Gasteiger partial charge in [0.1, 0.15) is 0 Å². The largest absolute Gasteiger partial charge is 0.481 e. The Morgan fingerprint density at radius 3 is 2.63 bits per heavy atom. The molecule has 19 heavy (non-hydrogen) atoms. The van der Waals surface area contributed by atoms with Gasteiger partial charge in [-0.3, -0.25) is 9.69 Å². The van der Waals surface area contributed by atoms with Crippen LogP contribution in [0.3, 0.4) is 0 Å². The highest BCUT2D eigenvalue weighted by Crippen LogP contribution is 2.46. The first-order chi connectivity index (χ1) is 8.88. The van der Waals surface area contributed by atoms with E-state index in [1.165, 1.54) is 6.07 Å². The third-order valence-corrected chi connectivity index (χ3v) is 4.15. The lowest BCUT2D eigenvalue weighted by Crippen LogP contribution is -2.40. The second-order valence-electron chi connectivity index (χ2n) is 5.31. The first-order valence-electron chi connectivity index (χ1n) is 6.23. The number of carboxylic acid groups (broad SMARTS) is 1. The van der Waals surface area contributed by atoms with Gasteiger partial charge in [-0.25, -0.2) is 8.78 Å². The topological polar surface area (TPSA) is 40.5 Å². The Morgan fingerprint density at radius 1 is 1.42 bits per heavy atom. The third-order valence-electron chi connectivity index (χ3n) is 4.15. The van der Waals surface area contributed by atoms with Crippen molar-refractivity contribution in [3.8, 4) is 0 Å². The summed E-state index contributed by atoms with van der Waals surface area (Å²) in [6.07, 6.45) is 1.29. The Bertz CT molecular complexity index is 504. The molecule has 3 nitrogen and oxygen atoms in total. The molecule has 0 aliphatic heterocycles. The smallest absolute Gasteiger partial charge is 0.306 e. The fraction of sp³-hybridized carbons (Fsp3) is 0.500. The van der Waals surface area contributed by atoms with Crippen molar-refractivity contribution in [3.05, 3.63) is 35.4 Å². The molecule has 0 heterocycles.